The lowest BCUT2D eigenvalue weighted by molar-refractivity contribution is -0.122. The predicted molar refractivity (Wildman–Crippen MR) is 79.0 cm³/mol. The molecule has 6 nitrogen and oxygen atoms in total. The maximum atomic E-state index is 12.2. The highest BCUT2D eigenvalue weighted by atomic mass is 79.9. The third-order valence-corrected chi connectivity index (χ3v) is 3.55. The first-order valence-electron chi connectivity index (χ1n) is 6.38. The molecule has 0 radical (unpaired) electrons. The average Bonchev–Trinajstić information content (AvgIpc) is 2.64. The van der Waals surface area contributed by atoms with Crippen LogP contribution in [-0.2, 0) is 9.53 Å². The Morgan fingerprint density at radius 2 is 2.00 bits per heavy atom. The van der Waals surface area contributed by atoms with Crippen LogP contribution in [0.25, 0.3) is 0 Å². The molecule has 2 rings (SSSR count). The van der Waals surface area contributed by atoms with Crippen molar-refractivity contribution < 1.29 is 19.1 Å². The van der Waals surface area contributed by atoms with Gasteiger partial charge in [0.1, 0.15) is 6.54 Å². The molecular weight excluding hydrogens is 340 g/mol. The van der Waals surface area contributed by atoms with Crippen molar-refractivity contribution in [2.75, 3.05) is 20.3 Å². The third-order valence-electron chi connectivity index (χ3n) is 3.06. The van der Waals surface area contributed by atoms with Gasteiger partial charge >= 0.3 is 0 Å². The second-order valence-electron chi connectivity index (χ2n) is 4.81. The monoisotopic (exact) mass is 354 g/mol. The lowest BCUT2D eigenvalue weighted by Gasteiger charge is -2.16. The van der Waals surface area contributed by atoms with E-state index in [1.807, 2.05) is 0 Å². The van der Waals surface area contributed by atoms with Gasteiger partial charge in [-0.3, -0.25) is 19.3 Å². The number of fused-ring (bicyclic) bond motifs is 1. The van der Waals surface area contributed by atoms with Crippen LogP contribution in [0.3, 0.4) is 0 Å². The fourth-order valence-electron chi connectivity index (χ4n) is 2.16. The van der Waals surface area contributed by atoms with Crippen LogP contribution in [0.1, 0.15) is 27.6 Å². The summed E-state index contributed by atoms with van der Waals surface area (Å²) < 4.78 is 5.62. The molecule has 0 spiro atoms. The highest BCUT2D eigenvalue weighted by Gasteiger charge is 2.36. The molecule has 1 unspecified atom stereocenters. The Morgan fingerprint density at radius 1 is 1.33 bits per heavy atom. The molecule has 0 saturated heterocycles. The zero-order valence-corrected chi connectivity index (χ0v) is 13.3. The van der Waals surface area contributed by atoms with Crippen LogP contribution in [-0.4, -0.2) is 48.9 Å². The number of carbonyl (C=O) groups is 3. The Morgan fingerprint density at radius 3 is 2.67 bits per heavy atom. The fraction of sp³-hybridized carbons (Fsp3) is 0.357. The number of carbonyl (C=O) groups excluding carboxylic acids is 3. The van der Waals surface area contributed by atoms with Gasteiger partial charge in [-0.2, -0.15) is 0 Å². The third kappa shape index (κ3) is 3.30. The summed E-state index contributed by atoms with van der Waals surface area (Å²) in [5, 5.41) is 2.67. The van der Waals surface area contributed by atoms with Gasteiger partial charge in [0.15, 0.2) is 0 Å². The van der Waals surface area contributed by atoms with Crippen LogP contribution in [0.2, 0.25) is 0 Å². The molecule has 3 amide bonds. The largest absolute Gasteiger partial charge is 0.383 e. The van der Waals surface area contributed by atoms with Crippen LogP contribution in [0.15, 0.2) is 22.7 Å². The van der Waals surface area contributed by atoms with Gasteiger partial charge in [-0.25, -0.2) is 0 Å². The van der Waals surface area contributed by atoms with Gasteiger partial charge in [0, 0.05) is 17.6 Å². The maximum absolute atomic E-state index is 12.2. The molecule has 1 aromatic rings. The van der Waals surface area contributed by atoms with Gasteiger partial charge in [-0.15, -0.1) is 0 Å². The first-order valence-corrected chi connectivity index (χ1v) is 7.17. The number of benzene rings is 1. The Kier molecular flexibility index (Phi) is 4.74. The van der Waals surface area contributed by atoms with E-state index in [0.29, 0.717) is 22.2 Å². The van der Waals surface area contributed by atoms with Crippen molar-refractivity contribution in [3.8, 4) is 0 Å². The van der Waals surface area contributed by atoms with E-state index in [9.17, 15) is 14.4 Å². The molecule has 1 atom stereocenters. The summed E-state index contributed by atoms with van der Waals surface area (Å²) in [6.07, 6.45) is 0. The van der Waals surface area contributed by atoms with Crippen molar-refractivity contribution in [2.45, 2.75) is 13.0 Å². The smallest absolute Gasteiger partial charge is 0.262 e. The van der Waals surface area contributed by atoms with E-state index >= 15 is 0 Å². The summed E-state index contributed by atoms with van der Waals surface area (Å²) in [6.45, 7) is 1.85. The molecular formula is C14H15BrN2O4. The summed E-state index contributed by atoms with van der Waals surface area (Å²) in [4.78, 5) is 37.2. The minimum atomic E-state index is -0.453. The SMILES string of the molecule is COCC(C)NC(=O)CN1C(=O)c2ccc(Br)cc2C1=O. The number of hydrogen-bond donors (Lipinski definition) is 1. The molecule has 1 N–H and O–H groups in total. The molecule has 21 heavy (non-hydrogen) atoms. The first kappa shape index (κ1) is 15.7. The van der Waals surface area contributed by atoms with E-state index in [1.54, 1.807) is 25.1 Å². The summed E-state index contributed by atoms with van der Waals surface area (Å²) in [7, 11) is 1.53. The van der Waals surface area contributed by atoms with Gasteiger partial charge < -0.3 is 10.1 Å². The van der Waals surface area contributed by atoms with Crippen LogP contribution in [0, 0.1) is 0 Å². The molecule has 7 heteroatoms. The number of halogens is 1. The van der Waals surface area contributed by atoms with E-state index in [1.165, 1.54) is 7.11 Å². The van der Waals surface area contributed by atoms with Crippen molar-refractivity contribution in [3.05, 3.63) is 33.8 Å². The topological polar surface area (TPSA) is 75.7 Å². The zero-order valence-electron chi connectivity index (χ0n) is 11.7. The van der Waals surface area contributed by atoms with Gasteiger partial charge in [-0.1, -0.05) is 15.9 Å². The van der Waals surface area contributed by atoms with Crippen LogP contribution < -0.4 is 5.32 Å². The van der Waals surface area contributed by atoms with Crippen molar-refractivity contribution >= 4 is 33.7 Å². The molecule has 0 aromatic heterocycles. The zero-order chi connectivity index (χ0) is 15.6. The van der Waals surface area contributed by atoms with Gasteiger partial charge in [-0.05, 0) is 25.1 Å². The number of hydrogen-bond acceptors (Lipinski definition) is 4. The van der Waals surface area contributed by atoms with Crippen molar-refractivity contribution in [2.24, 2.45) is 0 Å². The number of ether oxygens (including phenoxy) is 1. The highest BCUT2D eigenvalue weighted by Crippen LogP contribution is 2.25. The summed E-state index contributed by atoms with van der Waals surface area (Å²) >= 11 is 3.26. The summed E-state index contributed by atoms with van der Waals surface area (Å²) in [6, 6.07) is 4.66. The molecule has 0 bridgehead atoms. The Hall–Kier alpha value is -1.73. The summed E-state index contributed by atoms with van der Waals surface area (Å²) in [5.41, 5.74) is 0.632. The van der Waals surface area contributed by atoms with Gasteiger partial charge in [0.2, 0.25) is 5.91 Å². The molecule has 0 aliphatic carbocycles. The van der Waals surface area contributed by atoms with Crippen LogP contribution in [0.5, 0.6) is 0 Å². The Bertz CT molecular complexity index is 603. The molecule has 1 heterocycles. The quantitative estimate of drug-likeness (QED) is 0.806. The molecule has 1 aliphatic heterocycles. The number of nitrogens with zero attached hydrogens (tertiary/aromatic N) is 1. The number of methoxy groups -OCH3 is 1. The Labute approximate surface area is 130 Å². The highest BCUT2D eigenvalue weighted by molar-refractivity contribution is 9.10. The minimum Gasteiger partial charge on any atom is -0.383 e. The summed E-state index contributed by atoms with van der Waals surface area (Å²) in [5.74, 6) is -1.30. The lowest BCUT2D eigenvalue weighted by atomic mass is 10.1. The maximum Gasteiger partial charge on any atom is 0.262 e. The van der Waals surface area contributed by atoms with E-state index in [4.69, 9.17) is 4.74 Å². The van der Waals surface area contributed by atoms with Crippen molar-refractivity contribution in [1.29, 1.82) is 0 Å². The van der Waals surface area contributed by atoms with Crippen LogP contribution >= 0.6 is 15.9 Å². The predicted octanol–water partition coefficient (Wildman–Crippen LogP) is 1.20. The molecule has 0 saturated carbocycles. The van der Waals surface area contributed by atoms with Crippen LogP contribution in [0.4, 0.5) is 0 Å². The standard InChI is InChI=1S/C14H15BrN2O4/c1-8(7-21-2)16-12(18)6-17-13(19)10-4-3-9(15)5-11(10)14(17)20/h3-5,8H,6-7H2,1-2H3,(H,16,18). The fourth-order valence-corrected chi connectivity index (χ4v) is 2.52. The number of nitrogens with one attached hydrogen (secondary N) is 1. The Balaban J connectivity index is 2.08. The molecule has 0 fully saturated rings. The van der Waals surface area contributed by atoms with E-state index in [2.05, 4.69) is 21.2 Å². The van der Waals surface area contributed by atoms with E-state index < -0.39 is 17.7 Å². The average molecular weight is 355 g/mol. The van der Waals surface area contributed by atoms with Gasteiger partial charge in [0.25, 0.3) is 11.8 Å². The molecule has 1 aliphatic rings. The molecule has 1 aromatic carbocycles. The van der Waals surface area contributed by atoms with E-state index in [0.717, 1.165) is 4.90 Å². The first-order chi connectivity index (χ1) is 9.93. The second kappa shape index (κ2) is 6.36. The van der Waals surface area contributed by atoms with Crippen molar-refractivity contribution in [3.63, 3.8) is 0 Å². The van der Waals surface area contributed by atoms with Gasteiger partial charge in [0.05, 0.1) is 17.7 Å². The number of rotatable bonds is 5. The van der Waals surface area contributed by atoms with E-state index in [-0.39, 0.29) is 12.6 Å². The minimum absolute atomic E-state index is 0.188. The lowest BCUT2D eigenvalue weighted by Crippen LogP contribution is -2.44. The number of imide groups is 1. The normalized spacial score (nSPS) is 15.1. The van der Waals surface area contributed by atoms with Crippen molar-refractivity contribution in [1.82, 2.24) is 10.2 Å². The number of amides is 3. The second-order valence-corrected chi connectivity index (χ2v) is 5.73. The molecule has 112 valence electrons.